The van der Waals surface area contributed by atoms with E-state index >= 15 is 0 Å². The highest BCUT2D eigenvalue weighted by atomic mass is 16.5. The molecule has 0 aliphatic heterocycles. The van der Waals surface area contributed by atoms with E-state index in [4.69, 9.17) is 9.47 Å². The van der Waals surface area contributed by atoms with E-state index in [1.807, 2.05) is 24.3 Å². The van der Waals surface area contributed by atoms with Gasteiger partial charge in [-0.15, -0.1) is 0 Å². The lowest BCUT2D eigenvalue weighted by atomic mass is 9.89. The summed E-state index contributed by atoms with van der Waals surface area (Å²) in [4.78, 5) is 0. The molecule has 0 aromatic heterocycles. The Balaban J connectivity index is 2.11. The number of hydrogen-bond donors (Lipinski definition) is 1. The summed E-state index contributed by atoms with van der Waals surface area (Å²) in [6.45, 7) is 3.16. The van der Waals surface area contributed by atoms with E-state index in [2.05, 4.69) is 6.92 Å². The Bertz CT molecular complexity index is 370. The van der Waals surface area contributed by atoms with Gasteiger partial charge in [-0.25, -0.2) is 0 Å². The molecule has 0 bridgehead atoms. The van der Waals surface area contributed by atoms with Crippen LogP contribution in [0.3, 0.4) is 0 Å². The smallest absolute Gasteiger partial charge is 0.119 e. The summed E-state index contributed by atoms with van der Waals surface area (Å²) in [7, 11) is 1.63. The largest absolute Gasteiger partial charge is 0.494 e. The van der Waals surface area contributed by atoms with E-state index in [-0.39, 0.29) is 0 Å². The van der Waals surface area contributed by atoms with Crippen molar-refractivity contribution in [1.82, 2.24) is 0 Å². The predicted molar refractivity (Wildman–Crippen MR) is 70.7 cm³/mol. The molecule has 1 saturated carbocycles. The van der Waals surface area contributed by atoms with Gasteiger partial charge in [-0.2, -0.15) is 0 Å². The van der Waals surface area contributed by atoms with Crippen molar-refractivity contribution in [2.24, 2.45) is 5.92 Å². The quantitative estimate of drug-likeness (QED) is 0.808. The number of rotatable bonds is 7. The molecule has 1 aliphatic rings. The first-order valence-corrected chi connectivity index (χ1v) is 6.65. The number of aliphatic hydroxyl groups is 1. The minimum atomic E-state index is -0.835. The van der Waals surface area contributed by atoms with Crippen molar-refractivity contribution in [2.75, 3.05) is 20.3 Å². The van der Waals surface area contributed by atoms with E-state index in [1.165, 1.54) is 0 Å². The lowest BCUT2D eigenvalue weighted by Crippen LogP contribution is -2.33. The van der Waals surface area contributed by atoms with Crippen molar-refractivity contribution >= 4 is 0 Å². The molecule has 1 aromatic carbocycles. The molecule has 2 rings (SSSR count). The fourth-order valence-electron chi connectivity index (χ4n) is 2.28. The van der Waals surface area contributed by atoms with Crippen LogP contribution in [0.5, 0.6) is 5.75 Å². The topological polar surface area (TPSA) is 38.7 Å². The first-order chi connectivity index (χ1) is 8.70. The molecule has 100 valence electrons. The van der Waals surface area contributed by atoms with Crippen LogP contribution in [0, 0.1) is 5.92 Å². The molecule has 18 heavy (non-hydrogen) atoms. The molecule has 0 amide bonds. The number of benzene rings is 1. The second-order valence-electron chi connectivity index (χ2n) is 5.00. The van der Waals surface area contributed by atoms with E-state index in [0.717, 1.165) is 37.2 Å². The van der Waals surface area contributed by atoms with Gasteiger partial charge in [0.05, 0.1) is 13.2 Å². The fraction of sp³-hybridized carbons (Fsp3) is 0.600. The first-order valence-electron chi connectivity index (χ1n) is 6.65. The van der Waals surface area contributed by atoms with Crippen LogP contribution in [0.1, 0.15) is 31.7 Å². The molecular weight excluding hydrogens is 228 g/mol. The van der Waals surface area contributed by atoms with E-state index in [9.17, 15) is 5.11 Å². The zero-order valence-electron chi connectivity index (χ0n) is 11.2. The third kappa shape index (κ3) is 2.85. The van der Waals surface area contributed by atoms with Crippen molar-refractivity contribution in [3.05, 3.63) is 29.8 Å². The van der Waals surface area contributed by atoms with Gasteiger partial charge in [0.1, 0.15) is 11.4 Å². The summed E-state index contributed by atoms with van der Waals surface area (Å²) in [6, 6.07) is 7.74. The lowest BCUT2D eigenvalue weighted by molar-refractivity contribution is -0.0532. The highest BCUT2D eigenvalue weighted by Crippen LogP contribution is 2.46. The molecule has 1 atom stereocenters. The van der Waals surface area contributed by atoms with Gasteiger partial charge in [0.25, 0.3) is 0 Å². The molecule has 0 radical (unpaired) electrons. The standard InChI is InChI=1S/C15H22O3/c1-3-10-18-14-8-6-13(7-9-14)15(16,11-17-2)12-4-5-12/h6-9,12,16H,3-5,10-11H2,1-2H3. The van der Waals surface area contributed by atoms with Crippen LogP contribution in [0.15, 0.2) is 24.3 Å². The highest BCUT2D eigenvalue weighted by Gasteiger charge is 2.45. The summed E-state index contributed by atoms with van der Waals surface area (Å²) in [5.41, 5.74) is 0.0913. The van der Waals surface area contributed by atoms with Crippen LogP contribution >= 0.6 is 0 Å². The van der Waals surface area contributed by atoms with Crippen LogP contribution in [0.25, 0.3) is 0 Å². The molecule has 1 fully saturated rings. The van der Waals surface area contributed by atoms with Gasteiger partial charge in [-0.05, 0) is 42.9 Å². The van der Waals surface area contributed by atoms with Crippen molar-refractivity contribution in [2.45, 2.75) is 31.8 Å². The Labute approximate surface area is 109 Å². The zero-order chi connectivity index (χ0) is 13.0. The van der Waals surface area contributed by atoms with Crippen LogP contribution in [-0.4, -0.2) is 25.4 Å². The van der Waals surface area contributed by atoms with Crippen molar-refractivity contribution in [1.29, 1.82) is 0 Å². The lowest BCUT2D eigenvalue weighted by Gasteiger charge is -2.28. The molecule has 1 N–H and O–H groups in total. The predicted octanol–water partition coefficient (Wildman–Crippen LogP) is 2.72. The molecule has 1 unspecified atom stereocenters. The number of ether oxygens (including phenoxy) is 2. The summed E-state index contributed by atoms with van der Waals surface area (Å²) in [6.07, 6.45) is 3.15. The van der Waals surface area contributed by atoms with Crippen LogP contribution in [0.4, 0.5) is 0 Å². The molecule has 0 heterocycles. The second-order valence-corrected chi connectivity index (χ2v) is 5.00. The van der Waals surface area contributed by atoms with Gasteiger partial charge in [-0.1, -0.05) is 19.1 Å². The Kier molecular flexibility index (Phi) is 4.25. The van der Waals surface area contributed by atoms with Crippen molar-refractivity contribution in [3.8, 4) is 5.75 Å². The summed E-state index contributed by atoms with van der Waals surface area (Å²) in [5.74, 6) is 1.19. The normalized spacial score (nSPS) is 18.4. The average molecular weight is 250 g/mol. The van der Waals surface area contributed by atoms with Crippen molar-refractivity contribution in [3.63, 3.8) is 0 Å². The molecule has 0 saturated heterocycles. The van der Waals surface area contributed by atoms with Crippen LogP contribution in [0.2, 0.25) is 0 Å². The average Bonchev–Trinajstić information content (AvgIpc) is 3.21. The molecular formula is C15H22O3. The maximum absolute atomic E-state index is 10.7. The molecule has 0 spiro atoms. The van der Waals surface area contributed by atoms with Gasteiger partial charge in [-0.3, -0.25) is 0 Å². The Morgan fingerprint density at radius 1 is 1.28 bits per heavy atom. The van der Waals surface area contributed by atoms with E-state index in [0.29, 0.717) is 12.5 Å². The second kappa shape index (κ2) is 5.72. The number of hydrogen-bond acceptors (Lipinski definition) is 3. The minimum absolute atomic E-state index is 0.333. The van der Waals surface area contributed by atoms with Gasteiger partial charge >= 0.3 is 0 Å². The van der Waals surface area contributed by atoms with Crippen LogP contribution in [-0.2, 0) is 10.3 Å². The molecule has 1 aliphatic carbocycles. The Morgan fingerprint density at radius 3 is 2.44 bits per heavy atom. The number of methoxy groups -OCH3 is 1. The third-order valence-electron chi connectivity index (χ3n) is 3.44. The molecule has 1 aromatic rings. The van der Waals surface area contributed by atoms with Gasteiger partial charge in [0.2, 0.25) is 0 Å². The van der Waals surface area contributed by atoms with E-state index < -0.39 is 5.60 Å². The monoisotopic (exact) mass is 250 g/mol. The summed E-state index contributed by atoms with van der Waals surface area (Å²) < 4.78 is 10.7. The molecule has 3 heteroatoms. The van der Waals surface area contributed by atoms with E-state index in [1.54, 1.807) is 7.11 Å². The van der Waals surface area contributed by atoms with Crippen molar-refractivity contribution < 1.29 is 14.6 Å². The zero-order valence-corrected chi connectivity index (χ0v) is 11.2. The SMILES string of the molecule is CCCOc1ccc(C(O)(COC)C2CC2)cc1. The molecule has 3 nitrogen and oxygen atoms in total. The third-order valence-corrected chi connectivity index (χ3v) is 3.44. The summed E-state index contributed by atoms with van der Waals surface area (Å²) >= 11 is 0. The minimum Gasteiger partial charge on any atom is -0.494 e. The first kappa shape index (κ1) is 13.4. The van der Waals surface area contributed by atoms with Gasteiger partial charge < -0.3 is 14.6 Å². The maximum atomic E-state index is 10.7. The Morgan fingerprint density at radius 2 is 1.94 bits per heavy atom. The van der Waals surface area contributed by atoms with Gasteiger partial charge in [0, 0.05) is 7.11 Å². The van der Waals surface area contributed by atoms with Gasteiger partial charge in [0.15, 0.2) is 0 Å². The summed E-state index contributed by atoms with van der Waals surface area (Å²) in [5, 5.41) is 10.7. The highest BCUT2D eigenvalue weighted by molar-refractivity contribution is 5.32. The Hall–Kier alpha value is -1.06. The fourth-order valence-corrected chi connectivity index (χ4v) is 2.28. The maximum Gasteiger partial charge on any atom is 0.119 e. The van der Waals surface area contributed by atoms with Crippen LogP contribution < -0.4 is 4.74 Å².